The van der Waals surface area contributed by atoms with Gasteiger partial charge in [-0.1, -0.05) is 15.9 Å². The van der Waals surface area contributed by atoms with Crippen LogP contribution in [0.25, 0.3) is 0 Å². The number of alkyl halides is 1. The highest BCUT2D eigenvalue weighted by molar-refractivity contribution is 9.09. The van der Waals surface area contributed by atoms with Gasteiger partial charge in [-0.2, -0.15) is 0 Å². The van der Waals surface area contributed by atoms with Gasteiger partial charge in [0.05, 0.1) is 0 Å². The molecule has 0 atom stereocenters. The average Bonchev–Trinajstić information content (AvgIpc) is 2.30. The summed E-state index contributed by atoms with van der Waals surface area (Å²) in [6, 6.07) is 0. The number of carboxylic acid groups (broad SMARTS) is 1. The quantitative estimate of drug-likeness (QED) is 0.414. The van der Waals surface area contributed by atoms with Crippen molar-refractivity contribution in [1.29, 1.82) is 0 Å². The summed E-state index contributed by atoms with van der Waals surface area (Å²) in [4.78, 5) is 21.1. The molecule has 0 unspecified atom stereocenters. The van der Waals surface area contributed by atoms with Gasteiger partial charge in [-0.3, -0.25) is 0 Å². The zero-order valence-corrected chi connectivity index (χ0v) is 7.05. The highest BCUT2D eigenvalue weighted by Gasteiger charge is 2.29. The van der Waals surface area contributed by atoms with E-state index in [1.807, 2.05) is 0 Å². The molecular weight excluding hydrogens is 216 g/mol. The SMILES string of the molecule is O=C(O)C1=C(CBr)COC1=O. The van der Waals surface area contributed by atoms with Crippen molar-refractivity contribution in [3.05, 3.63) is 11.1 Å². The summed E-state index contributed by atoms with van der Waals surface area (Å²) in [5, 5.41) is 8.87. The van der Waals surface area contributed by atoms with Gasteiger partial charge in [-0.25, -0.2) is 9.59 Å². The van der Waals surface area contributed by atoms with E-state index in [0.717, 1.165) is 0 Å². The lowest BCUT2D eigenvalue weighted by atomic mass is 10.2. The average molecular weight is 221 g/mol. The summed E-state index contributed by atoms with van der Waals surface area (Å²) in [5.74, 6) is -1.96. The van der Waals surface area contributed by atoms with Crippen LogP contribution >= 0.6 is 15.9 Å². The Balaban J connectivity index is 2.99. The Bertz CT molecular complexity index is 243. The van der Waals surface area contributed by atoms with Crippen LogP contribution in [0.15, 0.2) is 11.1 Å². The van der Waals surface area contributed by atoms with E-state index < -0.39 is 11.9 Å². The van der Waals surface area contributed by atoms with Gasteiger partial charge in [0.15, 0.2) is 0 Å². The van der Waals surface area contributed by atoms with Crippen molar-refractivity contribution in [3.63, 3.8) is 0 Å². The van der Waals surface area contributed by atoms with Gasteiger partial charge in [0.25, 0.3) is 0 Å². The molecule has 0 amide bonds. The van der Waals surface area contributed by atoms with Gasteiger partial charge in [-0.15, -0.1) is 0 Å². The zero-order valence-electron chi connectivity index (χ0n) is 5.46. The Hall–Kier alpha value is -0.840. The largest absolute Gasteiger partial charge is 0.477 e. The second-order valence-electron chi connectivity index (χ2n) is 1.99. The monoisotopic (exact) mass is 220 g/mol. The topological polar surface area (TPSA) is 63.6 Å². The standard InChI is InChI=1S/C6H5BrO4/c7-1-3-2-11-6(10)4(3)5(8)9/h1-2H2,(H,8,9). The number of halogens is 1. The van der Waals surface area contributed by atoms with Gasteiger partial charge in [0.1, 0.15) is 12.2 Å². The highest BCUT2D eigenvalue weighted by Crippen LogP contribution is 2.17. The maximum Gasteiger partial charge on any atom is 0.346 e. The summed E-state index contributed by atoms with van der Waals surface area (Å²) in [6.07, 6.45) is 0. The van der Waals surface area contributed by atoms with Crippen LogP contribution in [0, 0.1) is 0 Å². The molecule has 1 N–H and O–H groups in total. The van der Waals surface area contributed by atoms with Crippen LogP contribution in [0.5, 0.6) is 0 Å². The number of carbonyl (C=O) groups excluding carboxylic acids is 1. The molecule has 0 saturated carbocycles. The molecule has 60 valence electrons. The van der Waals surface area contributed by atoms with Crippen LogP contribution in [-0.2, 0) is 14.3 Å². The van der Waals surface area contributed by atoms with E-state index in [1.165, 1.54) is 0 Å². The Morgan fingerprint density at radius 2 is 2.36 bits per heavy atom. The van der Waals surface area contributed by atoms with E-state index in [-0.39, 0.29) is 12.2 Å². The first-order valence-corrected chi connectivity index (χ1v) is 3.97. The van der Waals surface area contributed by atoms with Crippen molar-refractivity contribution in [2.45, 2.75) is 0 Å². The Labute approximate surface area is 71.0 Å². The molecular formula is C6H5BrO4. The lowest BCUT2D eigenvalue weighted by Gasteiger charge is -1.90. The van der Waals surface area contributed by atoms with Crippen molar-refractivity contribution in [1.82, 2.24) is 0 Å². The van der Waals surface area contributed by atoms with Gasteiger partial charge in [-0.05, 0) is 5.57 Å². The summed E-state index contributed by atoms with van der Waals surface area (Å²) in [5.41, 5.74) is 0.254. The fraction of sp³-hybridized carbons (Fsp3) is 0.333. The van der Waals surface area contributed by atoms with Crippen molar-refractivity contribution in [2.24, 2.45) is 0 Å². The molecule has 0 bridgehead atoms. The molecule has 0 radical (unpaired) electrons. The second kappa shape index (κ2) is 3.04. The fourth-order valence-corrected chi connectivity index (χ4v) is 1.23. The molecule has 0 aromatic heterocycles. The molecule has 0 spiro atoms. The number of aliphatic carboxylic acids is 1. The van der Waals surface area contributed by atoms with Crippen LogP contribution in [0.4, 0.5) is 0 Å². The van der Waals surface area contributed by atoms with Crippen LogP contribution in [0.2, 0.25) is 0 Å². The molecule has 0 aromatic carbocycles. The van der Waals surface area contributed by atoms with E-state index in [4.69, 9.17) is 5.11 Å². The maximum atomic E-state index is 10.7. The first kappa shape index (κ1) is 8.26. The van der Waals surface area contributed by atoms with Crippen LogP contribution in [-0.4, -0.2) is 29.0 Å². The van der Waals surface area contributed by atoms with Crippen molar-refractivity contribution >= 4 is 27.9 Å². The van der Waals surface area contributed by atoms with Gasteiger partial charge in [0.2, 0.25) is 0 Å². The minimum Gasteiger partial charge on any atom is -0.477 e. The van der Waals surface area contributed by atoms with E-state index in [1.54, 1.807) is 0 Å². The molecule has 1 rings (SSSR count). The van der Waals surface area contributed by atoms with Crippen LogP contribution in [0.3, 0.4) is 0 Å². The molecule has 0 aliphatic carbocycles. The number of hydrogen-bond donors (Lipinski definition) is 1. The van der Waals surface area contributed by atoms with E-state index >= 15 is 0 Å². The van der Waals surface area contributed by atoms with Crippen molar-refractivity contribution in [2.75, 3.05) is 11.9 Å². The Morgan fingerprint density at radius 1 is 1.73 bits per heavy atom. The molecule has 0 saturated heterocycles. The van der Waals surface area contributed by atoms with Crippen LogP contribution < -0.4 is 0 Å². The van der Waals surface area contributed by atoms with Gasteiger partial charge in [0, 0.05) is 5.33 Å². The second-order valence-corrected chi connectivity index (χ2v) is 2.55. The lowest BCUT2D eigenvalue weighted by Crippen LogP contribution is -2.09. The predicted octanol–water partition coefficient (Wildman–Crippen LogP) is 0.319. The molecule has 5 heteroatoms. The Morgan fingerprint density at radius 3 is 2.73 bits per heavy atom. The number of ether oxygens (including phenoxy) is 1. The maximum absolute atomic E-state index is 10.7. The van der Waals surface area contributed by atoms with Crippen molar-refractivity contribution in [3.8, 4) is 0 Å². The number of cyclic esters (lactones) is 1. The predicted molar refractivity (Wildman–Crippen MR) is 39.4 cm³/mol. The summed E-state index contributed by atoms with van der Waals surface area (Å²) in [6.45, 7) is 0.0890. The van der Waals surface area contributed by atoms with Crippen LogP contribution in [0.1, 0.15) is 0 Å². The summed E-state index contributed by atoms with van der Waals surface area (Å²) >= 11 is 3.06. The Kier molecular flexibility index (Phi) is 2.28. The minimum atomic E-state index is -1.22. The van der Waals surface area contributed by atoms with Crippen molar-refractivity contribution < 1.29 is 19.4 Å². The van der Waals surface area contributed by atoms with E-state index in [9.17, 15) is 9.59 Å². The molecule has 11 heavy (non-hydrogen) atoms. The molecule has 0 fully saturated rings. The molecule has 1 heterocycles. The number of hydrogen-bond acceptors (Lipinski definition) is 3. The van der Waals surface area contributed by atoms with E-state index in [0.29, 0.717) is 10.9 Å². The number of esters is 1. The molecule has 1 aliphatic heterocycles. The highest BCUT2D eigenvalue weighted by atomic mass is 79.9. The normalized spacial score (nSPS) is 17.0. The van der Waals surface area contributed by atoms with E-state index in [2.05, 4.69) is 20.7 Å². The smallest absolute Gasteiger partial charge is 0.346 e. The zero-order chi connectivity index (χ0) is 8.43. The number of carbonyl (C=O) groups is 2. The fourth-order valence-electron chi connectivity index (χ4n) is 0.785. The number of carboxylic acids is 1. The third-order valence-corrected chi connectivity index (χ3v) is 1.99. The molecule has 4 nitrogen and oxygen atoms in total. The minimum absolute atomic E-state index is 0.0890. The van der Waals surface area contributed by atoms with Gasteiger partial charge >= 0.3 is 11.9 Å². The first-order chi connectivity index (χ1) is 5.16. The lowest BCUT2D eigenvalue weighted by molar-refractivity contribution is -0.141. The number of rotatable bonds is 2. The molecule has 0 aromatic rings. The van der Waals surface area contributed by atoms with Gasteiger partial charge < -0.3 is 9.84 Å². The summed E-state index contributed by atoms with van der Waals surface area (Å²) in [7, 11) is 0. The summed E-state index contributed by atoms with van der Waals surface area (Å²) < 4.78 is 4.51. The third-order valence-electron chi connectivity index (χ3n) is 1.31. The third kappa shape index (κ3) is 1.42. The first-order valence-electron chi connectivity index (χ1n) is 2.85. The molecule has 1 aliphatic rings.